The van der Waals surface area contributed by atoms with Crippen LogP contribution in [0.3, 0.4) is 0 Å². The highest BCUT2D eigenvalue weighted by Gasteiger charge is 2.51. The molecule has 1 fully saturated rings. The first-order valence-electron chi connectivity index (χ1n) is 12.4. The van der Waals surface area contributed by atoms with E-state index < -0.39 is 11.4 Å². The van der Waals surface area contributed by atoms with E-state index in [-0.39, 0.29) is 24.4 Å². The van der Waals surface area contributed by atoms with Gasteiger partial charge in [0, 0.05) is 37.0 Å². The van der Waals surface area contributed by atoms with E-state index in [9.17, 15) is 14.0 Å². The van der Waals surface area contributed by atoms with Gasteiger partial charge in [-0.05, 0) is 49.1 Å². The standard InChI is InChI=1S/C28H31FN4O2/c1-20-30-14-15-32(20)19-26(34)33(25-13-7-10-23(29)16-25)28(17-21-8-5-6-9-22(21)18-28)27(35)31-24-11-3-2-4-12-24/h5-10,13-16,24H,2-4,11-12,17-19H2,1H3,(H,31,35). The highest BCUT2D eigenvalue weighted by molar-refractivity contribution is 6.04. The Morgan fingerprint density at radius 1 is 1.09 bits per heavy atom. The summed E-state index contributed by atoms with van der Waals surface area (Å²) < 4.78 is 16.2. The van der Waals surface area contributed by atoms with Crippen LogP contribution in [0.2, 0.25) is 0 Å². The van der Waals surface area contributed by atoms with Crippen molar-refractivity contribution in [2.24, 2.45) is 0 Å². The van der Waals surface area contributed by atoms with Crippen LogP contribution < -0.4 is 10.2 Å². The maximum absolute atomic E-state index is 14.4. The first kappa shape index (κ1) is 23.3. The van der Waals surface area contributed by atoms with Gasteiger partial charge >= 0.3 is 0 Å². The van der Waals surface area contributed by atoms with Gasteiger partial charge < -0.3 is 9.88 Å². The molecular formula is C28H31FN4O2. The van der Waals surface area contributed by atoms with Crippen LogP contribution in [0.25, 0.3) is 0 Å². The zero-order chi connectivity index (χ0) is 24.4. The summed E-state index contributed by atoms with van der Waals surface area (Å²) in [7, 11) is 0. The van der Waals surface area contributed by atoms with Gasteiger partial charge in [0.15, 0.2) is 0 Å². The summed E-state index contributed by atoms with van der Waals surface area (Å²) in [5.74, 6) is -0.186. The van der Waals surface area contributed by atoms with E-state index in [2.05, 4.69) is 10.3 Å². The zero-order valence-corrected chi connectivity index (χ0v) is 20.0. The topological polar surface area (TPSA) is 67.2 Å². The van der Waals surface area contributed by atoms with E-state index in [1.165, 1.54) is 18.6 Å². The fourth-order valence-electron chi connectivity index (χ4n) is 5.61. The Morgan fingerprint density at radius 3 is 2.43 bits per heavy atom. The van der Waals surface area contributed by atoms with Crippen molar-refractivity contribution in [1.82, 2.24) is 14.9 Å². The Bertz CT molecular complexity index is 1210. The Morgan fingerprint density at radius 2 is 1.80 bits per heavy atom. The first-order valence-corrected chi connectivity index (χ1v) is 12.4. The molecule has 2 aromatic carbocycles. The highest BCUT2D eigenvalue weighted by atomic mass is 19.1. The molecule has 0 atom stereocenters. The number of carbonyl (C=O) groups is 2. The van der Waals surface area contributed by atoms with Gasteiger partial charge in [0.05, 0.1) is 0 Å². The number of aryl methyl sites for hydroxylation is 1. The van der Waals surface area contributed by atoms with E-state index in [1.807, 2.05) is 31.2 Å². The Kier molecular flexibility index (Phi) is 6.41. The number of carbonyl (C=O) groups excluding carboxylic acids is 2. The molecule has 6 nitrogen and oxygen atoms in total. The van der Waals surface area contributed by atoms with Gasteiger partial charge in [-0.1, -0.05) is 49.6 Å². The third kappa shape index (κ3) is 4.59. The number of fused-ring (bicyclic) bond motifs is 1. The SMILES string of the molecule is Cc1nccn1CC(=O)N(c1cccc(F)c1)C1(C(=O)NC2CCCCC2)Cc2ccccc2C1. The van der Waals surface area contributed by atoms with Crippen LogP contribution in [0.1, 0.15) is 49.1 Å². The molecule has 0 bridgehead atoms. The molecule has 3 aromatic rings. The van der Waals surface area contributed by atoms with Crippen molar-refractivity contribution in [3.8, 4) is 0 Å². The van der Waals surface area contributed by atoms with Crippen molar-refractivity contribution in [3.05, 3.63) is 83.7 Å². The highest BCUT2D eigenvalue weighted by Crippen LogP contribution is 2.39. The fourth-order valence-corrected chi connectivity index (χ4v) is 5.61. The number of rotatable bonds is 6. The monoisotopic (exact) mass is 474 g/mol. The number of amides is 2. The smallest absolute Gasteiger partial charge is 0.247 e. The van der Waals surface area contributed by atoms with Gasteiger partial charge in [-0.3, -0.25) is 14.5 Å². The molecule has 1 saturated carbocycles. The largest absolute Gasteiger partial charge is 0.351 e. The number of imidazole rings is 1. The van der Waals surface area contributed by atoms with E-state index in [1.54, 1.807) is 34.0 Å². The molecule has 1 aromatic heterocycles. The molecule has 35 heavy (non-hydrogen) atoms. The predicted octanol–water partition coefficient (Wildman–Crippen LogP) is 4.35. The lowest BCUT2D eigenvalue weighted by molar-refractivity contribution is -0.131. The summed E-state index contributed by atoms with van der Waals surface area (Å²) in [5, 5.41) is 3.28. The van der Waals surface area contributed by atoms with Gasteiger partial charge in [-0.15, -0.1) is 0 Å². The van der Waals surface area contributed by atoms with Gasteiger partial charge in [0.1, 0.15) is 23.7 Å². The van der Waals surface area contributed by atoms with Gasteiger partial charge in [-0.2, -0.15) is 0 Å². The minimum atomic E-state index is -1.18. The quantitative estimate of drug-likeness (QED) is 0.578. The second-order valence-electron chi connectivity index (χ2n) is 9.77. The van der Waals surface area contributed by atoms with Crippen molar-refractivity contribution in [2.75, 3.05) is 4.90 Å². The van der Waals surface area contributed by atoms with Crippen LogP contribution in [0.5, 0.6) is 0 Å². The zero-order valence-electron chi connectivity index (χ0n) is 20.0. The fraction of sp³-hybridized carbons (Fsp3) is 0.393. The molecule has 2 aliphatic rings. The lowest BCUT2D eigenvalue weighted by Crippen LogP contribution is -2.64. The Hall–Kier alpha value is -3.48. The molecule has 0 unspecified atom stereocenters. The number of anilines is 1. The summed E-state index contributed by atoms with van der Waals surface area (Å²) in [6.45, 7) is 1.84. The first-order chi connectivity index (χ1) is 17.0. The van der Waals surface area contributed by atoms with Crippen molar-refractivity contribution < 1.29 is 14.0 Å². The molecule has 0 aliphatic heterocycles. The van der Waals surface area contributed by atoms with Crippen LogP contribution >= 0.6 is 0 Å². The maximum atomic E-state index is 14.4. The molecular weight excluding hydrogens is 443 g/mol. The predicted molar refractivity (Wildman–Crippen MR) is 132 cm³/mol. The molecule has 1 heterocycles. The third-order valence-corrected chi connectivity index (χ3v) is 7.42. The number of nitrogens with zero attached hydrogens (tertiary/aromatic N) is 3. The van der Waals surface area contributed by atoms with Crippen LogP contribution in [0.15, 0.2) is 60.9 Å². The molecule has 0 saturated heterocycles. The van der Waals surface area contributed by atoms with Crippen LogP contribution in [0, 0.1) is 12.7 Å². The minimum absolute atomic E-state index is 0.0111. The number of nitrogens with one attached hydrogen (secondary N) is 1. The number of halogens is 1. The molecule has 2 aliphatic carbocycles. The van der Waals surface area contributed by atoms with Crippen LogP contribution in [0.4, 0.5) is 10.1 Å². The van der Waals surface area contributed by atoms with Crippen molar-refractivity contribution in [1.29, 1.82) is 0 Å². The van der Waals surface area contributed by atoms with Crippen molar-refractivity contribution in [3.63, 3.8) is 0 Å². The molecule has 7 heteroatoms. The molecule has 2 amide bonds. The third-order valence-electron chi connectivity index (χ3n) is 7.42. The summed E-state index contributed by atoms with van der Waals surface area (Å²) in [6.07, 6.45) is 9.39. The molecule has 0 spiro atoms. The van der Waals surface area contributed by atoms with Gasteiger partial charge in [0.2, 0.25) is 11.8 Å². The molecule has 182 valence electrons. The molecule has 1 N–H and O–H groups in total. The minimum Gasteiger partial charge on any atom is -0.351 e. The summed E-state index contributed by atoms with van der Waals surface area (Å²) >= 11 is 0. The van der Waals surface area contributed by atoms with Crippen LogP contribution in [-0.2, 0) is 29.0 Å². The Balaban J connectivity index is 1.58. The number of benzene rings is 2. The summed E-state index contributed by atoms with van der Waals surface area (Å²) in [6, 6.07) is 14.0. The summed E-state index contributed by atoms with van der Waals surface area (Å²) in [5.41, 5.74) is 1.29. The van der Waals surface area contributed by atoms with E-state index in [4.69, 9.17) is 0 Å². The molecule has 5 rings (SSSR count). The summed E-state index contributed by atoms with van der Waals surface area (Å²) in [4.78, 5) is 33.9. The number of hydrogen-bond donors (Lipinski definition) is 1. The second kappa shape index (κ2) is 9.64. The average Bonchev–Trinajstić information content (AvgIpc) is 3.44. The van der Waals surface area contributed by atoms with E-state index in [0.717, 1.165) is 36.8 Å². The van der Waals surface area contributed by atoms with Gasteiger partial charge in [-0.25, -0.2) is 9.37 Å². The molecule has 0 radical (unpaired) electrons. The normalized spacial score (nSPS) is 17.1. The lowest BCUT2D eigenvalue weighted by Gasteiger charge is -2.41. The lowest BCUT2D eigenvalue weighted by atomic mass is 9.88. The van der Waals surface area contributed by atoms with Crippen molar-refractivity contribution in [2.45, 2.75) is 70.0 Å². The maximum Gasteiger partial charge on any atom is 0.247 e. The second-order valence-corrected chi connectivity index (χ2v) is 9.77. The van der Waals surface area contributed by atoms with Gasteiger partial charge in [0.25, 0.3) is 0 Å². The van der Waals surface area contributed by atoms with Crippen LogP contribution in [-0.4, -0.2) is 32.9 Å². The number of aromatic nitrogens is 2. The average molecular weight is 475 g/mol. The number of hydrogen-bond acceptors (Lipinski definition) is 3. The van der Waals surface area contributed by atoms with E-state index >= 15 is 0 Å². The van der Waals surface area contributed by atoms with E-state index in [0.29, 0.717) is 24.4 Å². The Labute approximate surface area is 205 Å². The van der Waals surface area contributed by atoms with Crippen molar-refractivity contribution >= 4 is 17.5 Å².